The summed E-state index contributed by atoms with van der Waals surface area (Å²) in [5.74, 6) is 0.510. The van der Waals surface area contributed by atoms with Gasteiger partial charge < -0.3 is 0 Å². The molecule has 2 heteroatoms. The number of nitrogens with zero attached hydrogens (tertiary/aromatic N) is 1. The Kier molecular flexibility index (Phi) is 6.37. The smallest absolute Gasteiger partial charge is 0.0406 e. The average molecular weight is 404 g/mol. The molecule has 0 aromatic heterocycles. The van der Waals surface area contributed by atoms with Crippen molar-refractivity contribution >= 4 is 11.6 Å². The van der Waals surface area contributed by atoms with Crippen LogP contribution in [0.3, 0.4) is 0 Å². The fourth-order valence-corrected chi connectivity index (χ4v) is 4.75. The van der Waals surface area contributed by atoms with Gasteiger partial charge in [-0.3, -0.25) is 4.90 Å². The molecule has 0 saturated carbocycles. The van der Waals surface area contributed by atoms with Gasteiger partial charge in [0.1, 0.15) is 0 Å². The van der Waals surface area contributed by atoms with Crippen LogP contribution in [0.4, 0.5) is 0 Å². The summed E-state index contributed by atoms with van der Waals surface area (Å²) in [4.78, 5) is 2.66. The van der Waals surface area contributed by atoms with Crippen LogP contribution in [0.5, 0.6) is 0 Å². The summed E-state index contributed by atoms with van der Waals surface area (Å²) in [5, 5.41) is 0.812. The first-order chi connectivity index (χ1) is 14.1. The van der Waals surface area contributed by atoms with Crippen LogP contribution in [0.2, 0.25) is 5.02 Å². The van der Waals surface area contributed by atoms with Crippen LogP contribution in [0.15, 0.2) is 72.8 Å². The van der Waals surface area contributed by atoms with E-state index in [2.05, 4.69) is 79.4 Å². The minimum absolute atomic E-state index is 0.467. The molecular weight excluding hydrogens is 374 g/mol. The number of rotatable bonds is 5. The van der Waals surface area contributed by atoms with E-state index in [-0.39, 0.29) is 0 Å². The van der Waals surface area contributed by atoms with E-state index >= 15 is 0 Å². The zero-order chi connectivity index (χ0) is 20.2. The predicted octanol–water partition coefficient (Wildman–Crippen LogP) is 7.86. The molecule has 1 aliphatic heterocycles. The molecule has 1 heterocycles. The van der Waals surface area contributed by atoms with E-state index in [4.69, 9.17) is 11.6 Å². The van der Waals surface area contributed by atoms with Crippen molar-refractivity contribution < 1.29 is 0 Å². The molecular formula is C27H30ClN. The predicted molar refractivity (Wildman–Crippen MR) is 124 cm³/mol. The van der Waals surface area contributed by atoms with Crippen molar-refractivity contribution in [2.24, 2.45) is 0 Å². The first kappa shape index (κ1) is 20.2. The maximum absolute atomic E-state index is 6.13. The van der Waals surface area contributed by atoms with Crippen LogP contribution >= 0.6 is 11.6 Å². The molecule has 4 rings (SSSR count). The monoisotopic (exact) mass is 403 g/mol. The number of likely N-dealkylation sites (tertiary alicyclic amines) is 1. The fourth-order valence-electron chi connectivity index (χ4n) is 4.63. The number of halogens is 1. The van der Waals surface area contributed by atoms with Crippen LogP contribution in [0.25, 0.3) is 11.1 Å². The molecule has 0 radical (unpaired) electrons. The SMILES string of the molecule is CC(C)c1ccccc1-c1ccccc1CN1CCCC[C@@H]1c1ccc(Cl)cc1. The van der Waals surface area contributed by atoms with Gasteiger partial charge in [0.15, 0.2) is 0 Å². The largest absolute Gasteiger partial charge is 0.292 e. The van der Waals surface area contributed by atoms with Gasteiger partial charge in [0.25, 0.3) is 0 Å². The molecule has 1 nitrogen and oxygen atoms in total. The lowest BCUT2D eigenvalue weighted by Gasteiger charge is -2.36. The lowest BCUT2D eigenvalue weighted by atomic mass is 9.89. The lowest BCUT2D eigenvalue weighted by molar-refractivity contribution is 0.140. The molecule has 3 aromatic rings. The van der Waals surface area contributed by atoms with E-state index in [1.54, 1.807) is 0 Å². The minimum Gasteiger partial charge on any atom is -0.292 e. The molecule has 1 atom stereocenters. The van der Waals surface area contributed by atoms with Gasteiger partial charge in [-0.25, -0.2) is 0 Å². The number of benzene rings is 3. The van der Waals surface area contributed by atoms with Crippen LogP contribution in [-0.2, 0) is 6.54 Å². The standard InChI is InChI=1S/C27H30ClN/c1-20(2)24-10-5-6-12-26(24)25-11-4-3-9-22(25)19-29-18-8-7-13-27(29)21-14-16-23(28)17-15-21/h3-6,9-12,14-17,20,27H,7-8,13,18-19H2,1-2H3/t27-/m1/s1. The van der Waals surface area contributed by atoms with Crippen molar-refractivity contribution in [3.05, 3.63) is 94.5 Å². The average Bonchev–Trinajstić information content (AvgIpc) is 2.75. The Morgan fingerprint density at radius 3 is 2.31 bits per heavy atom. The van der Waals surface area contributed by atoms with E-state index in [1.165, 1.54) is 47.1 Å². The first-order valence-corrected chi connectivity index (χ1v) is 11.2. The molecule has 0 aliphatic carbocycles. The molecule has 0 unspecified atom stereocenters. The second-order valence-corrected chi connectivity index (χ2v) is 8.87. The van der Waals surface area contributed by atoms with E-state index in [0.717, 1.165) is 18.1 Å². The van der Waals surface area contributed by atoms with Crippen LogP contribution in [0.1, 0.15) is 61.8 Å². The van der Waals surface area contributed by atoms with E-state index in [0.29, 0.717) is 12.0 Å². The molecule has 1 fully saturated rings. The van der Waals surface area contributed by atoms with E-state index in [9.17, 15) is 0 Å². The molecule has 3 aromatic carbocycles. The topological polar surface area (TPSA) is 3.24 Å². The summed E-state index contributed by atoms with van der Waals surface area (Å²) in [5.41, 5.74) is 6.97. The Labute approximate surface area is 180 Å². The Balaban J connectivity index is 1.67. The summed E-state index contributed by atoms with van der Waals surface area (Å²) in [7, 11) is 0. The van der Waals surface area contributed by atoms with Gasteiger partial charge in [-0.1, -0.05) is 92.5 Å². The maximum Gasteiger partial charge on any atom is 0.0406 e. The Hall–Kier alpha value is -2.09. The molecule has 1 aliphatic rings. The van der Waals surface area contributed by atoms with Crippen molar-refractivity contribution in [2.75, 3.05) is 6.54 Å². The Morgan fingerprint density at radius 1 is 0.862 bits per heavy atom. The zero-order valence-electron chi connectivity index (χ0n) is 17.4. The second kappa shape index (κ2) is 9.15. The quantitative estimate of drug-likeness (QED) is 0.419. The minimum atomic E-state index is 0.467. The van der Waals surface area contributed by atoms with Gasteiger partial charge in [-0.2, -0.15) is 0 Å². The normalized spacial score (nSPS) is 17.6. The van der Waals surface area contributed by atoms with Gasteiger partial charge >= 0.3 is 0 Å². The van der Waals surface area contributed by atoms with Crippen molar-refractivity contribution in [1.82, 2.24) is 4.90 Å². The Bertz CT molecular complexity index is 945. The summed E-state index contributed by atoms with van der Waals surface area (Å²) in [6, 6.07) is 26.7. The third kappa shape index (κ3) is 4.57. The highest BCUT2D eigenvalue weighted by molar-refractivity contribution is 6.30. The highest BCUT2D eigenvalue weighted by atomic mass is 35.5. The summed E-state index contributed by atoms with van der Waals surface area (Å²) < 4.78 is 0. The molecule has 0 spiro atoms. The highest BCUT2D eigenvalue weighted by Crippen LogP contribution is 2.36. The number of piperidine rings is 1. The van der Waals surface area contributed by atoms with E-state index in [1.807, 2.05) is 12.1 Å². The van der Waals surface area contributed by atoms with Crippen LogP contribution in [0, 0.1) is 0 Å². The Morgan fingerprint density at radius 2 is 1.55 bits per heavy atom. The third-order valence-electron chi connectivity index (χ3n) is 6.13. The molecule has 1 saturated heterocycles. The maximum atomic E-state index is 6.13. The first-order valence-electron chi connectivity index (χ1n) is 10.8. The molecule has 150 valence electrons. The zero-order valence-corrected chi connectivity index (χ0v) is 18.2. The molecule has 0 amide bonds. The number of hydrogen-bond acceptors (Lipinski definition) is 1. The van der Waals surface area contributed by atoms with Crippen molar-refractivity contribution in [1.29, 1.82) is 0 Å². The van der Waals surface area contributed by atoms with E-state index < -0.39 is 0 Å². The van der Waals surface area contributed by atoms with Gasteiger partial charge in [-0.15, -0.1) is 0 Å². The summed E-state index contributed by atoms with van der Waals surface area (Å²) >= 11 is 6.13. The number of hydrogen-bond donors (Lipinski definition) is 0. The fraction of sp³-hybridized carbons (Fsp3) is 0.333. The molecule has 0 bridgehead atoms. The lowest BCUT2D eigenvalue weighted by Crippen LogP contribution is -2.33. The third-order valence-corrected chi connectivity index (χ3v) is 6.38. The highest BCUT2D eigenvalue weighted by Gasteiger charge is 2.25. The van der Waals surface area contributed by atoms with Crippen LogP contribution < -0.4 is 0 Å². The van der Waals surface area contributed by atoms with Gasteiger partial charge in [-0.05, 0) is 65.3 Å². The van der Waals surface area contributed by atoms with Gasteiger partial charge in [0.05, 0.1) is 0 Å². The van der Waals surface area contributed by atoms with Crippen molar-refractivity contribution in [3.8, 4) is 11.1 Å². The van der Waals surface area contributed by atoms with Crippen LogP contribution in [-0.4, -0.2) is 11.4 Å². The second-order valence-electron chi connectivity index (χ2n) is 8.43. The summed E-state index contributed by atoms with van der Waals surface area (Å²) in [6.45, 7) is 6.69. The van der Waals surface area contributed by atoms with Gasteiger partial charge in [0, 0.05) is 17.6 Å². The van der Waals surface area contributed by atoms with Crippen molar-refractivity contribution in [3.63, 3.8) is 0 Å². The van der Waals surface area contributed by atoms with Gasteiger partial charge in [0.2, 0.25) is 0 Å². The molecule has 0 N–H and O–H groups in total. The molecule has 29 heavy (non-hydrogen) atoms. The van der Waals surface area contributed by atoms with Crippen molar-refractivity contribution in [2.45, 2.75) is 51.6 Å². The summed E-state index contributed by atoms with van der Waals surface area (Å²) in [6.07, 6.45) is 3.78.